The summed E-state index contributed by atoms with van der Waals surface area (Å²) in [6.45, 7) is 2.61. The predicted molar refractivity (Wildman–Crippen MR) is 88.1 cm³/mol. The van der Waals surface area contributed by atoms with Crippen LogP contribution in [0.4, 0.5) is 10.1 Å². The van der Waals surface area contributed by atoms with Crippen molar-refractivity contribution in [2.75, 3.05) is 18.5 Å². The highest BCUT2D eigenvalue weighted by Crippen LogP contribution is 2.31. The summed E-state index contributed by atoms with van der Waals surface area (Å²) in [4.78, 5) is 2.25. The minimum absolute atomic E-state index is 0.163. The van der Waals surface area contributed by atoms with E-state index < -0.39 is 0 Å². The zero-order chi connectivity index (χ0) is 14.8. The van der Waals surface area contributed by atoms with Gasteiger partial charge in [0.2, 0.25) is 0 Å². The van der Waals surface area contributed by atoms with Gasteiger partial charge in [-0.3, -0.25) is 0 Å². The van der Waals surface area contributed by atoms with E-state index in [1.54, 1.807) is 12.1 Å². The van der Waals surface area contributed by atoms with Gasteiger partial charge in [0.05, 0.1) is 0 Å². The number of rotatable bonds is 4. The zero-order valence-corrected chi connectivity index (χ0v) is 13.6. The molecule has 2 aromatic carbocycles. The van der Waals surface area contributed by atoms with E-state index in [0.717, 1.165) is 36.2 Å². The second-order valence-corrected chi connectivity index (χ2v) is 6.26. The van der Waals surface area contributed by atoms with Crippen LogP contribution in [0.1, 0.15) is 16.7 Å². The molecular formula is C17H18BrFN2. The maximum Gasteiger partial charge on any atom is 0.125 e. The molecule has 0 aromatic heterocycles. The second-order valence-electron chi connectivity index (χ2n) is 5.40. The Morgan fingerprint density at radius 2 is 2.10 bits per heavy atom. The van der Waals surface area contributed by atoms with Crippen molar-refractivity contribution in [1.29, 1.82) is 0 Å². The number of anilines is 1. The highest BCUT2D eigenvalue weighted by Gasteiger charge is 2.20. The first-order valence-corrected chi connectivity index (χ1v) is 7.92. The lowest BCUT2D eigenvalue weighted by atomic mass is 10.1. The van der Waals surface area contributed by atoms with Gasteiger partial charge in [-0.05, 0) is 48.4 Å². The number of nitrogens with zero attached hydrogens (tertiary/aromatic N) is 1. The van der Waals surface area contributed by atoms with E-state index in [4.69, 9.17) is 0 Å². The van der Waals surface area contributed by atoms with E-state index in [9.17, 15) is 4.39 Å². The molecule has 1 aliphatic rings. The number of nitrogens with one attached hydrogen (secondary N) is 1. The lowest BCUT2D eigenvalue weighted by Crippen LogP contribution is -2.20. The van der Waals surface area contributed by atoms with Gasteiger partial charge in [-0.2, -0.15) is 0 Å². The third-order valence-corrected chi connectivity index (χ3v) is 4.64. The molecule has 0 fully saturated rings. The Morgan fingerprint density at radius 1 is 1.24 bits per heavy atom. The molecule has 2 nitrogen and oxygen atoms in total. The first kappa shape index (κ1) is 14.5. The largest absolute Gasteiger partial charge is 0.367 e. The maximum absolute atomic E-state index is 13.4. The molecule has 0 bridgehead atoms. The summed E-state index contributed by atoms with van der Waals surface area (Å²) in [5, 5.41) is 3.15. The van der Waals surface area contributed by atoms with Crippen molar-refractivity contribution in [2.24, 2.45) is 0 Å². The first-order chi connectivity index (χ1) is 10.2. The monoisotopic (exact) mass is 348 g/mol. The average molecular weight is 349 g/mol. The fourth-order valence-electron chi connectivity index (χ4n) is 2.82. The van der Waals surface area contributed by atoms with Crippen molar-refractivity contribution in [2.45, 2.75) is 19.5 Å². The van der Waals surface area contributed by atoms with Crippen molar-refractivity contribution in [1.82, 2.24) is 5.32 Å². The quantitative estimate of drug-likeness (QED) is 0.902. The number of benzene rings is 2. The number of hydrogen-bond donors (Lipinski definition) is 1. The summed E-state index contributed by atoms with van der Waals surface area (Å²) >= 11 is 3.65. The van der Waals surface area contributed by atoms with Crippen molar-refractivity contribution < 1.29 is 4.39 Å². The summed E-state index contributed by atoms with van der Waals surface area (Å²) in [7, 11) is 1.94. The predicted octanol–water partition coefficient (Wildman–Crippen LogP) is 3.87. The van der Waals surface area contributed by atoms with Crippen LogP contribution in [0.5, 0.6) is 0 Å². The summed E-state index contributed by atoms with van der Waals surface area (Å²) in [5.41, 5.74) is 4.74. The molecule has 0 saturated heterocycles. The Hall–Kier alpha value is -1.39. The van der Waals surface area contributed by atoms with Gasteiger partial charge in [-0.25, -0.2) is 4.39 Å². The summed E-state index contributed by atoms with van der Waals surface area (Å²) in [6.07, 6.45) is 0.991. The highest BCUT2D eigenvalue weighted by molar-refractivity contribution is 9.10. The van der Waals surface area contributed by atoms with Crippen LogP contribution < -0.4 is 10.2 Å². The van der Waals surface area contributed by atoms with Gasteiger partial charge in [0, 0.05) is 29.8 Å². The minimum atomic E-state index is -0.163. The molecule has 2 aromatic rings. The van der Waals surface area contributed by atoms with Crippen molar-refractivity contribution in [3.63, 3.8) is 0 Å². The molecule has 0 atom stereocenters. The van der Waals surface area contributed by atoms with Crippen LogP contribution in [0.3, 0.4) is 0 Å². The lowest BCUT2D eigenvalue weighted by molar-refractivity contribution is 0.627. The molecule has 0 spiro atoms. The Kier molecular flexibility index (Phi) is 4.27. The van der Waals surface area contributed by atoms with E-state index in [-0.39, 0.29) is 5.82 Å². The summed E-state index contributed by atoms with van der Waals surface area (Å²) < 4.78 is 14.6. The topological polar surface area (TPSA) is 15.3 Å². The lowest BCUT2D eigenvalue weighted by Gasteiger charge is -2.20. The summed E-state index contributed by atoms with van der Waals surface area (Å²) in [6, 6.07) is 11.5. The third kappa shape index (κ3) is 3.11. The fourth-order valence-corrected chi connectivity index (χ4v) is 3.37. The van der Waals surface area contributed by atoms with Crippen molar-refractivity contribution in [3.05, 3.63) is 63.4 Å². The summed E-state index contributed by atoms with van der Waals surface area (Å²) in [5.74, 6) is -0.163. The molecule has 1 N–H and O–H groups in total. The van der Waals surface area contributed by atoms with Crippen molar-refractivity contribution in [3.8, 4) is 0 Å². The first-order valence-electron chi connectivity index (χ1n) is 7.12. The normalized spacial score (nSPS) is 13.6. The van der Waals surface area contributed by atoms with Gasteiger partial charge in [0.1, 0.15) is 5.82 Å². The van der Waals surface area contributed by atoms with Crippen LogP contribution in [0.25, 0.3) is 0 Å². The van der Waals surface area contributed by atoms with Gasteiger partial charge in [0.25, 0.3) is 0 Å². The zero-order valence-electron chi connectivity index (χ0n) is 12.0. The van der Waals surface area contributed by atoms with Gasteiger partial charge < -0.3 is 10.2 Å². The van der Waals surface area contributed by atoms with E-state index in [1.165, 1.54) is 16.7 Å². The molecular weight excluding hydrogens is 331 g/mol. The number of fused-ring (bicyclic) bond motifs is 1. The number of halogens is 2. The minimum Gasteiger partial charge on any atom is -0.367 e. The van der Waals surface area contributed by atoms with Gasteiger partial charge in [-0.1, -0.05) is 34.1 Å². The smallest absolute Gasteiger partial charge is 0.125 e. The SMILES string of the molecule is CNCc1ccc(CN2CCc3ccc(F)cc32)c(Br)c1. The Bertz CT molecular complexity index is 657. The van der Waals surface area contributed by atoms with Gasteiger partial charge in [0.15, 0.2) is 0 Å². The molecule has 1 aliphatic heterocycles. The molecule has 110 valence electrons. The van der Waals surface area contributed by atoms with E-state index in [2.05, 4.69) is 44.3 Å². The van der Waals surface area contributed by atoms with Crippen LogP contribution in [0, 0.1) is 5.82 Å². The fraction of sp³-hybridized carbons (Fsp3) is 0.294. The average Bonchev–Trinajstić information content (AvgIpc) is 2.84. The Morgan fingerprint density at radius 3 is 2.86 bits per heavy atom. The molecule has 0 saturated carbocycles. The number of hydrogen-bond acceptors (Lipinski definition) is 2. The molecule has 4 heteroatoms. The molecule has 0 amide bonds. The van der Waals surface area contributed by atoms with Gasteiger partial charge in [-0.15, -0.1) is 0 Å². The Labute approximate surface area is 133 Å². The Balaban J connectivity index is 1.81. The molecule has 3 rings (SSSR count). The van der Waals surface area contributed by atoms with Crippen LogP contribution in [-0.2, 0) is 19.5 Å². The molecule has 0 aliphatic carbocycles. The molecule has 0 radical (unpaired) electrons. The second kappa shape index (κ2) is 6.16. The van der Waals surface area contributed by atoms with Gasteiger partial charge >= 0.3 is 0 Å². The van der Waals surface area contributed by atoms with E-state index in [1.807, 2.05) is 13.1 Å². The highest BCUT2D eigenvalue weighted by atomic mass is 79.9. The standard InChI is InChI=1S/C17H18BrFN2/c1-20-10-12-2-3-14(16(18)8-12)11-21-7-6-13-4-5-15(19)9-17(13)21/h2-5,8-9,20H,6-7,10-11H2,1H3. The third-order valence-electron chi connectivity index (χ3n) is 3.90. The molecule has 0 unspecified atom stereocenters. The van der Waals surface area contributed by atoms with E-state index >= 15 is 0 Å². The van der Waals surface area contributed by atoms with Crippen molar-refractivity contribution >= 4 is 21.6 Å². The van der Waals surface area contributed by atoms with E-state index in [0.29, 0.717) is 0 Å². The van der Waals surface area contributed by atoms with Crippen LogP contribution in [-0.4, -0.2) is 13.6 Å². The molecule has 1 heterocycles. The van der Waals surface area contributed by atoms with Crippen LogP contribution in [0.2, 0.25) is 0 Å². The maximum atomic E-state index is 13.4. The van der Waals surface area contributed by atoms with Crippen LogP contribution in [0.15, 0.2) is 40.9 Å². The molecule has 21 heavy (non-hydrogen) atoms. The van der Waals surface area contributed by atoms with Crippen LogP contribution >= 0.6 is 15.9 Å².